The van der Waals surface area contributed by atoms with E-state index in [1.807, 2.05) is 30.3 Å². The molecule has 5 heteroatoms. The number of amides is 1. The lowest BCUT2D eigenvalue weighted by Crippen LogP contribution is -2.44. The van der Waals surface area contributed by atoms with Gasteiger partial charge in [0, 0.05) is 12.6 Å². The van der Waals surface area contributed by atoms with Crippen molar-refractivity contribution in [1.82, 2.24) is 10.6 Å². The number of carbonyl (C=O) groups excluding carboxylic acids is 1. The van der Waals surface area contributed by atoms with Crippen LogP contribution in [0.15, 0.2) is 30.3 Å². The Hall–Kier alpha value is -1.10. The topological polar surface area (TPSA) is 61.4 Å². The molecule has 3 rings (SSSR count). The van der Waals surface area contributed by atoms with Gasteiger partial charge in [0.15, 0.2) is 0 Å². The maximum absolute atomic E-state index is 12.2. The number of carbonyl (C=O) groups is 1. The monoisotopic (exact) mass is 324 g/mol. The molecule has 1 heterocycles. The molecule has 4 atom stereocenters. The highest BCUT2D eigenvalue weighted by atomic mass is 35.5. The Kier molecular flexibility index (Phi) is 6.24. The molecule has 22 heavy (non-hydrogen) atoms. The van der Waals surface area contributed by atoms with Gasteiger partial charge in [0.05, 0.1) is 12.1 Å². The molecule has 1 saturated carbocycles. The number of rotatable bonds is 4. The van der Waals surface area contributed by atoms with Crippen LogP contribution in [0.3, 0.4) is 0 Å². The number of hydrogen-bond donors (Lipinski definition) is 3. The Morgan fingerprint density at radius 1 is 1.27 bits per heavy atom. The van der Waals surface area contributed by atoms with Crippen molar-refractivity contribution in [2.24, 2.45) is 5.92 Å². The highest BCUT2D eigenvalue weighted by molar-refractivity contribution is 5.85. The lowest BCUT2D eigenvalue weighted by atomic mass is 9.85. The maximum Gasteiger partial charge on any atom is 0.237 e. The van der Waals surface area contributed by atoms with E-state index in [9.17, 15) is 9.90 Å². The van der Waals surface area contributed by atoms with E-state index in [0.29, 0.717) is 12.0 Å². The van der Waals surface area contributed by atoms with Crippen LogP contribution in [0, 0.1) is 5.92 Å². The summed E-state index contributed by atoms with van der Waals surface area (Å²) in [6.07, 6.45) is 5.31. The second-order valence-electron chi connectivity index (χ2n) is 6.28. The molecule has 1 aromatic rings. The molecule has 4 unspecified atom stereocenters. The molecule has 0 spiro atoms. The van der Waals surface area contributed by atoms with Gasteiger partial charge in [0.1, 0.15) is 0 Å². The molecule has 1 aromatic carbocycles. The molecule has 122 valence electrons. The quantitative estimate of drug-likeness (QED) is 0.795. The van der Waals surface area contributed by atoms with Gasteiger partial charge in [0.2, 0.25) is 5.91 Å². The number of hydrogen-bond acceptors (Lipinski definition) is 3. The van der Waals surface area contributed by atoms with Gasteiger partial charge in [0.25, 0.3) is 0 Å². The smallest absolute Gasteiger partial charge is 0.237 e. The summed E-state index contributed by atoms with van der Waals surface area (Å²) in [6.45, 7) is 0.274. The fourth-order valence-electron chi connectivity index (χ4n) is 3.63. The van der Waals surface area contributed by atoms with Gasteiger partial charge in [-0.3, -0.25) is 4.79 Å². The van der Waals surface area contributed by atoms with Crippen molar-refractivity contribution < 1.29 is 9.90 Å². The SMILES string of the molecule is Cl.O=C(NCC(O)c1ccccc1)C1CC2CCCCC2N1. The first kappa shape index (κ1) is 17.3. The van der Waals surface area contributed by atoms with Crippen molar-refractivity contribution >= 4 is 18.3 Å². The Labute approximate surface area is 138 Å². The molecular weight excluding hydrogens is 300 g/mol. The summed E-state index contributed by atoms with van der Waals surface area (Å²) in [5.41, 5.74) is 0.839. The molecule has 1 aliphatic heterocycles. The van der Waals surface area contributed by atoms with E-state index in [-0.39, 0.29) is 30.9 Å². The summed E-state index contributed by atoms with van der Waals surface area (Å²) < 4.78 is 0. The van der Waals surface area contributed by atoms with E-state index >= 15 is 0 Å². The van der Waals surface area contributed by atoms with Gasteiger partial charge in [-0.2, -0.15) is 0 Å². The van der Waals surface area contributed by atoms with Crippen LogP contribution in [0.1, 0.15) is 43.8 Å². The summed E-state index contributed by atoms with van der Waals surface area (Å²) >= 11 is 0. The van der Waals surface area contributed by atoms with E-state index in [0.717, 1.165) is 12.0 Å². The first-order chi connectivity index (χ1) is 10.2. The van der Waals surface area contributed by atoms with E-state index in [2.05, 4.69) is 10.6 Å². The number of aliphatic hydroxyl groups excluding tert-OH is 1. The third-order valence-corrected chi connectivity index (χ3v) is 4.83. The minimum absolute atomic E-state index is 0. The first-order valence-electron chi connectivity index (χ1n) is 8.01. The molecule has 1 saturated heterocycles. The zero-order chi connectivity index (χ0) is 14.7. The average Bonchev–Trinajstić information content (AvgIpc) is 2.97. The number of benzene rings is 1. The molecule has 0 radical (unpaired) electrons. The van der Waals surface area contributed by atoms with Crippen LogP contribution in [0.25, 0.3) is 0 Å². The van der Waals surface area contributed by atoms with Gasteiger partial charge >= 0.3 is 0 Å². The average molecular weight is 325 g/mol. The third-order valence-electron chi connectivity index (χ3n) is 4.83. The summed E-state index contributed by atoms with van der Waals surface area (Å²) in [5, 5.41) is 16.4. The molecule has 0 aromatic heterocycles. The predicted octanol–water partition coefficient (Wildman–Crippen LogP) is 2.18. The van der Waals surface area contributed by atoms with E-state index in [1.165, 1.54) is 25.7 Å². The highest BCUT2D eigenvalue weighted by Gasteiger charge is 2.38. The van der Waals surface area contributed by atoms with Gasteiger partial charge in [-0.25, -0.2) is 0 Å². The van der Waals surface area contributed by atoms with Crippen LogP contribution in [-0.4, -0.2) is 29.6 Å². The van der Waals surface area contributed by atoms with Gasteiger partial charge in [-0.05, 0) is 30.7 Å². The van der Waals surface area contributed by atoms with E-state index < -0.39 is 6.10 Å². The summed E-state index contributed by atoms with van der Waals surface area (Å²) in [5.74, 6) is 0.688. The summed E-state index contributed by atoms with van der Waals surface area (Å²) in [4.78, 5) is 12.2. The molecular formula is C17H25ClN2O2. The van der Waals surface area contributed by atoms with Crippen LogP contribution in [0.5, 0.6) is 0 Å². The molecule has 4 nitrogen and oxygen atoms in total. The fraction of sp³-hybridized carbons (Fsp3) is 0.588. The highest BCUT2D eigenvalue weighted by Crippen LogP contribution is 2.33. The van der Waals surface area contributed by atoms with Crippen LogP contribution in [-0.2, 0) is 4.79 Å². The molecule has 0 bridgehead atoms. The molecule has 2 aliphatic rings. The molecule has 1 aliphatic carbocycles. The third kappa shape index (κ3) is 4.00. The molecule has 3 N–H and O–H groups in total. The fourth-order valence-corrected chi connectivity index (χ4v) is 3.63. The van der Waals surface area contributed by atoms with E-state index in [4.69, 9.17) is 0 Å². The lowest BCUT2D eigenvalue weighted by molar-refractivity contribution is -0.123. The Morgan fingerprint density at radius 3 is 2.73 bits per heavy atom. The zero-order valence-electron chi connectivity index (χ0n) is 12.7. The number of halogens is 1. The second-order valence-corrected chi connectivity index (χ2v) is 6.28. The molecule has 1 amide bonds. The van der Waals surface area contributed by atoms with Crippen molar-refractivity contribution in [2.45, 2.75) is 50.3 Å². The van der Waals surface area contributed by atoms with E-state index in [1.54, 1.807) is 0 Å². The van der Waals surface area contributed by atoms with Gasteiger partial charge in [-0.15, -0.1) is 12.4 Å². The van der Waals surface area contributed by atoms with Crippen LogP contribution in [0.4, 0.5) is 0 Å². The Morgan fingerprint density at radius 2 is 2.00 bits per heavy atom. The van der Waals surface area contributed by atoms with Crippen molar-refractivity contribution in [3.63, 3.8) is 0 Å². The van der Waals surface area contributed by atoms with Crippen molar-refractivity contribution in [3.05, 3.63) is 35.9 Å². The number of fused-ring (bicyclic) bond motifs is 1. The molecule has 2 fully saturated rings. The Balaban J connectivity index is 0.00000176. The van der Waals surface area contributed by atoms with Crippen molar-refractivity contribution in [2.75, 3.05) is 6.54 Å². The van der Waals surface area contributed by atoms with Crippen molar-refractivity contribution in [3.8, 4) is 0 Å². The van der Waals surface area contributed by atoms with Crippen LogP contribution in [0.2, 0.25) is 0 Å². The largest absolute Gasteiger partial charge is 0.387 e. The predicted molar refractivity (Wildman–Crippen MR) is 88.9 cm³/mol. The zero-order valence-corrected chi connectivity index (χ0v) is 13.5. The second kappa shape index (κ2) is 7.95. The normalized spacial score (nSPS) is 28.3. The Bertz CT molecular complexity index is 469. The maximum atomic E-state index is 12.2. The standard InChI is InChI=1S/C17H24N2O2.ClH/c20-16(12-6-2-1-3-7-12)11-18-17(21)15-10-13-8-4-5-9-14(13)19-15;/h1-3,6-7,13-16,19-20H,4-5,8-11H2,(H,18,21);1H. The van der Waals surface area contributed by atoms with Crippen LogP contribution >= 0.6 is 12.4 Å². The summed E-state index contributed by atoms with van der Waals surface area (Å²) in [6, 6.07) is 9.89. The lowest BCUT2D eigenvalue weighted by Gasteiger charge is -2.24. The number of nitrogens with one attached hydrogen (secondary N) is 2. The van der Waals surface area contributed by atoms with Gasteiger partial charge < -0.3 is 15.7 Å². The van der Waals surface area contributed by atoms with Crippen molar-refractivity contribution in [1.29, 1.82) is 0 Å². The first-order valence-corrected chi connectivity index (χ1v) is 8.01. The van der Waals surface area contributed by atoms with Gasteiger partial charge in [-0.1, -0.05) is 43.2 Å². The summed E-state index contributed by atoms with van der Waals surface area (Å²) in [7, 11) is 0. The minimum Gasteiger partial charge on any atom is -0.387 e. The van der Waals surface area contributed by atoms with Crippen LogP contribution < -0.4 is 10.6 Å². The minimum atomic E-state index is -0.640. The number of aliphatic hydroxyl groups is 1.